The van der Waals surface area contributed by atoms with Crippen LogP contribution in [0.4, 0.5) is 10.1 Å². The Bertz CT molecular complexity index is 438. The van der Waals surface area contributed by atoms with Crippen LogP contribution in [0.25, 0.3) is 0 Å². The number of ether oxygens (including phenoxy) is 1. The Morgan fingerprint density at radius 1 is 1.42 bits per heavy atom. The van der Waals surface area contributed by atoms with Gasteiger partial charge in [-0.1, -0.05) is 20.8 Å². The first kappa shape index (κ1) is 15.4. The number of hydrogen-bond donors (Lipinski definition) is 1. The van der Waals surface area contributed by atoms with Gasteiger partial charge in [0.25, 0.3) is 0 Å². The fourth-order valence-corrected chi connectivity index (χ4v) is 1.46. The van der Waals surface area contributed by atoms with E-state index in [0.717, 1.165) is 18.7 Å². The zero-order chi connectivity index (χ0) is 14.4. The Morgan fingerprint density at radius 3 is 2.63 bits per heavy atom. The van der Waals surface area contributed by atoms with Gasteiger partial charge in [-0.2, -0.15) is 4.39 Å². The van der Waals surface area contributed by atoms with Gasteiger partial charge >= 0.3 is 5.69 Å². The molecule has 0 aliphatic carbocycles. The second kappa shape index (κ2) is 7.04. The number of nitro benzene ring substituents is 1. The van der Waals surface area contributed by atoms with Gasteiger partial charge in [0.1, 0.15) is 5.75 Å². The summed E-state index contributed by atoms with van der Waals surface area (Å²) in [6.45, 7) is 7.35. The molecular formula is C13H19FN2O3. The molecule has 5 nitrogen and oxygen atoms in total. The highest BCUT2D eigenvalue weighted by Gasteiger charge is 2.14. The number of rotatable bonds is 7. The average Bonchev–Trinajstić information content (AvgIpc) is 2.33. The monoisotopic (exact) mass is 270 g/mol. The first-order chi connectivity index (χ1) is 8.90. The summed E-state index contributed by atoms with van der Waals surface area (Å²) in [5.74, 6) is -0.310. The summed E-state index contributed by atoms with van der Waals surface area (Å²) in [4.78, 5) is 9.71. The first-order valence-corrected chi connectivity index (χ1v) is 6.20. The Balaban J connectivity index is 2.50. The van der Waals surface area contributed by atoms with E-state index >= 15 is 0 Å². The van der Waals surface area contributed by atoms with Gasteiger partial charge in [0, 0.05) is 30.6 Å². The van der Waals surface area contributed by atoms with Gasteiger partial charge in [-0.05, 0) is 6.07 Å². The Hall–Kier alpha value is -1.69. The number of halogens is 1. The highest BCUT2D eigenvalue weighted by atomic mass is 19.1. The number of nitrogens with zero attached hydrogens (tertiary/aromatic N) is 1. The molecule has 0 aliphatic heterocycles. The van der Waals surface area contributed by atoms with Crippen molar-refractivity contribution in [1.82, 2.24) is 5.32 Å². The van der Waals surface area contributed by atoms with Crippen LogP contribution in [-0.2, 0) is 0 Å². The maximum atomic E-state index is 13.3. The summed E-state index contributed by atoms with van der Waals surface area (Å²) >= 11 is 0. The van der Waals surface area contributed by atoms with Crippen LogP contribution >= 0.6 is 0 Å². The van der Waals surface area contributed by atoms with Crippen molar-refractivity contribution in [2.24, 2.45) is 5.92 Å². The van der Waals surface area contributed by atoms with Gasteiger partial charge in [-0.25, -0.2) is 0 Å². The fraction of sp³-hybridized carbons (Fsp3) is 0.538. The molecule has 0 fully saturated rings. The summed E-state index contributed by atoms with van der Waals surface area (Å²) in [7, 11) is 0. The third-order valence-corrected chi connectivity index (χ3v) is 2.52. The molecule has 1 unspecified atom stereocenters. The molecule has 1 aromatic rings. The zero-order valence-corrected chi connectivity index (χ0v) is 11.4. The van der Waals surface area contributed by atoms with E-state index in [1.165, 1.54) is 6.07 Å². The third-order valence-electron chi connectivity index (χ3n) is 2.52. The van der Waals surface area contributed by atoms with Crippen molar-refractivity contribution in [3.8, 4) is 5.75 Å². The maximum Gasteiger partial charge on any atom is 0.305 e. The molecule has 0 saturated carbocycles. The van der Waals surface area contributed by atoms with Crippen LogP contribution in [0.1, 0.15) is 20.8 Å². The highest BCUT2D eigenvalue weighted by molar-refractivity contribution is 5.37. The SMILES string of the molecule is CC(CNC(C)C)COc1ccc([N+](=O)[O-])c(F)c1. The van der Waals surface area contributed by atoms with Crippen LogP contribution < -0.4 is 10.1 Å². The minimum absolute atomic E-state index is 0.264. The Morgan fingerprint density at radius 2 is 2.11 bits per heavy atom. The lowest BCUT2D eigenvalue weighted by atomic mass is 10.2. The molecule has 19 heavy (non-hydrogen) atoms. The predicted octanol–water partition coefficient (Wildman–Crippen LogP) is 2.75. The van der Waals surface area contributed by atoms with Gasteiger partial charge < -0.3 is 10.1 Å². The molecule has 1 N–H and O–H groups in total. The summed E-state index contributed by atoms with van der Waals surface area (Å²) in [5.41, 5.74) is -0.540. The van der Waals surface area contributed by atoms with Crippen molar-refractivity contribution in [3.63, 3.8) is 0 Å². The Labute approximate surface area is 111 Å². The van der Waals surface area contributed by atoms with E-state index in [0.29, 0.717) is 18.4 Å². The minimum atomic E-state index is -0.879. The van der Waals surface area contributed by atoms with Crippen molar-refractivity contribution in [1.29, 1.82) is 0 Å². The lowest BCUT2D eigenvalue weighted by Gasteiger charge is -2.15. The van der Waals surface area contributed by atoms with Gasteiger partial charge in [0.2, 0.25) is 5.82 Å². The summed E-state index contributed by atoms with van der Waals surface area (Å²) in [5, 5.41) is 13.7. The molecule has 0 spiro atoms. The average molecular weight is 270 g/mol. The lowest BCUT2D eigenvalue weighted by molar-refractivity contribution is -0.387. The number of nitrogens with one attached hydrogen (secondary N) is 1. The fourth-order valence-electron chi connectivity index (χ4n) is 1.46. The molecule has 1 rings (SSSR count). The zero-order valence-electron chi connectivity index (χ0n) is 11.4. The van der Waals surface area contributed by atoms with Crippen molar-refractivity contribution >= 4 is 5.69 Å². The van der Waals surface area contributed by atoms with E-state index in [2.05, 4.69) is 19.2 Å². The second-order valence-corrected chi connectivity index (χ2v) is 4.85. The van der Waals surface area contributed by atoms with E-state index in [-0.39, 0.29) is 5.92 Å². The molecule has 0 saturated heterocycles. The van der Waals surface area contributed by atoms with Crippen LogP contribution in [0.2, 0.25) is 0 Å². The molecule has 0 heterocycles. The van der Waals surface area contributed by atoms with Crippen LogP contribution in [0, 0.1) is 21.8 Å². The number of nitro groups is 1. The van der Waals surface area contributed by atoms with Crippen molar-refractivity contribution in [2.75, 3.05) is 13.2 Å². The molecule has 0 radical (unpaired) electrons. The molecule has 0 aliphatic rings. The minimum Gasteiger partial charge on any atom is -0.493 e. The molecule has 1 atom stereocenters. The van der Waals surface area contributed by atoms with Crippen LogP contribution in [0.3, 0.4) is 0 Å². The molecule has 106 valence electrons. The Kier molecular flexibility index (Phi) is 5.69. The summed E-state index contributed by atoms with van der Waals surface area (Å²) < 4.78 is 18.8. The number of benzene rings is 1. The van der Waals surface area contributed by atoms with Crippen molar-refractivity contribution in [2.45, 2.75) is 26.8 Å². The normalized spacial score (nSPS) is 12.5. The molecule has 0 amide bonds. The van der Waals surface area contributed by atoms with E-state index in [1.807, 2.05) is 6.92 Å². The van der Waals surface area contributed by atoms with E-state index in [1.54, 1.807) is 0 Å². The predicted molar refractivity (Wildman–Crippen MR) is 70.9 cm³/mol. The molecular weight excluding hydrogens is 251 g/mol. The van der Waals surface area contributed by atoms with Crippen molar-refractivity contribution < 1.29 is 14.1 Å². The molecule has 1 aromatic carbocycles. The van der Waals surface area contributed by atoms with Gasteiger partial charge in [0.05, 0.1) is 11.5 Å². The smallest absolute Gasteiger partial charge is 0.305 e. The van der Waals surface area contributed by atoms with Gasteiger partial charge in [-0.15, -0.1) is 0 Å². The second-order valence-electron chi connectivity index (χ2n) is 4.85. The van der Waals surface area contributed by atoms with Gasteiger partial charge in [0.15, 0.2) is 0 Å². The molecule has 6 heteroatoms. The maximum absolute atomic E-state index is 13.3. The van der Waals surface area contributed by atoms with Gasteiger partial charge in [-0.3, -0.25) is 10.1 Å². The summed E-state index contributed by atoms with van der Waals surface area (Å²) in [6.07, 6.45) is 0. The van der Waals surface area contributed by atoms with E-state index in [4.69, 9.17) is 4.74 Å². The summed E-state index contributed by atoms with van der Waals surface area (Å²) in [6, 6.07) is 3.96. The standard InChI is InChI=1S/C13H19FN2O3/c1-9(2)15-7-10(3)8-19-11-4-5-13(16(17)18)12(14)6-11/h4-6,9-10,15H,7-8H2,1-3H3. The molecule has 0 aromatic heterocycles. The van der Waals surface area contributed by atoms with Crippen LogP contribution in [0.5, 0.6) is 5.75 Å². The topological polar surface area (TPSA) is 64.4 Å². The van der Waals surface area contributed by atoms with Crippen LogP contribution in [0.15, 0.2) is 18.2 Å². The first-order valence-electron chi connectivity index (χ1n) is 6.20. The largest absolute Gasteiger partial charge is 0.493 e. The van der Waals surface area contributed by atoms with E-state index in [9.17, 15) is 14.5 Å². The number of hydrogen-bond acceptors (Lipinski definition) is 4. The third kappa shape index (κ3) is 5.21. The van der Waals surface area contributed by atoms with Crippen molar-refractivity contribution in [3.05, 3.63) is 34.1 Å². The van der Waals surface area contributed by atoms with E-state index < -0.39 is 16.4 Å². The quantitative estimate of drug-likeness (QED) is 0.611. The van der Waals surface area contributed by atoms with Crippen LogP contribution in [-0.4, -0.2) is 24.1 Å². The highest BCUT2D eigenvalue weighted by Crippen LogP contribution is 2.22. The lowest BCUT2D eigenvalue weighted by Crippen LogP contribution is -2.30. The molecule has 0 bridgehead atoms.